The Kier molecular flexibility index (Phi) is 4.38. The van der Waals surface area contributed by atoms with Gasteiger partial charge >= 0.3 is 0 Å². The zero-order valence-corrected chi connectivity index (χ0v) is 11.0. The highest BCUT2D eigenvalue weighted by molar-refractivity contribution is 7.12. The summed E-state index contributed by atoms with van der Waals surface area (Å²) in [5.74, 6) is 0. The summed E-state index contributed by atoms with van der Waals surface area (Å²) in [4.78, 5) is 3.07. The lowest BCUT2D eigenvalue weighted by Crippen LogP contribution is -2.23. The zero-order chi connectivity index (χ0) is 11.4. The van der Waals surface area contributed by atoms with Crippen molar-refractivity contribution in [3.8, 4) is 0 Å². The molecule has 0 fully saturated rings. The van der Waals surface area contributed by atoms with Crippen LogP contribution >= 0.6 is 11.3 Å². The summed E-state index contributed by atoms with van der Waals surface area (Å²) in [6.07, 6.45) is 5.28. The molecule has 0 bridgehead atoms. The minimum atomic E-state index is 0.380. The zero-order valence-electron chi connectivity index (χ0n) is 10.2. The number of methoxy groups -OCH3 is 1. The average Bonchev–Trinajstić information content (AvgIpc) is 2.72. The smallest absolute Gasteiger partial charge is 0.0665 e. The fourth-order valence-electron chi connectivity index (χ4n) is 2.34. The van der Waals surface area contributed by atoms with Crippen LogP contribution in [0.15, 0.2) is 6.07 Å². The third-order valence-corrected chi connectivity index (χ3v) is 4.49. The molecule has 1 aromatic rings. The van der Waals surface area contributed by atoms with Crippen LogP contribution in [-0.2, 0) is 17.6 Å². The van der Waals surface area contributed by atoms with Gasteiger partial charge in [0.15, 0.2) is 0 Å². The summed E-state index contributed by atoms with van der Waals surface area (Å²) in [5.41, 5.74) is 1.59. The average molecular weight is 239 g/mol. The molecule has 2 nitrogen and oxygen atoms in total. The lowest BCUT2D eigenvalue weighted by Gasteiger charge is -2.14. The molecule has 1 aliphatic carbocycles. The van der Waals surface area contributed by atoms with E-state index in [9.17, 15) is 0 Å². The van der Waals surface area contributed by atoms with Gasteiger partial charge in [0.1, 0.15) is 0 Å². The Hall–Kier alpha value is -0.380. The van der Waals surface area contributed by atoms with Crippen LogP contribution in [0.5, 0.6) is 0 Å². The highest BCUT2D eigenvalue weighted by Gasteiger charge is 2.18. The van der Waals surface area contributed by atoms with Gasteiger partial charge < -0.3 is 10.1 Å². The molecule has 16 heavy (non-hydrogen) atoms. The molecule has 1 atom stereocenters. The number of ether oxygens (including phenoxy) is 1. The second kappa shape index (κ2) is 5.80. The first kappa shape index (κ1) is 12.1. The van der Waals surface area contributed by atoms with Crippen molar-refractivity contribution in [2.45, 2.75) is 38.6 Å². The first-order valence-corrected chi connectivity index (χ1v) is 7.00. The van der Waals surface area contributed by atoms with Crippen molar-refractivity contribution < 1.29 is 4.74 Å². The van der Waals surface area contributed by atoms with Crippen LogP contribution in [0.2, 0.25) is 0 Å². The molecule has 0 aromatic carbocycles. The van der Waals surface area contributed by atoms with Gasteiger partial charge in [0.2, 0.25) is 0 Å². The maximum Gasteiger partial charge on any atom is 0.0665 e. The van der Waals surface area contributed by atoms with Gasteiger partial charge in [0.05, 0.1) is 12.6 Å². The van der Waals surface area contributed by atoms with Crippen molar-refractivity contribution in [3.63, 3.8) is 0 Å². The molecule has 1 heterocycles. The number of hydrogen-bond donors (Lipinski definition) is 1. The van der Waals surface area contributed by atoms with Gasteiger partial charge in [-0.1, -0.05) is 6.92 Å². The van der Waals surface area contributed by atoms with Crippen molar-refractivity contribution in [1.29, 1.82) is 0 Å². The fraction of sp³-hybridized carbons (Fsp3) is 0.692. The third-order valence-electron chi connectivity index (χ3n) is 3.14. The molecule has 0 saturated heterocycles. The molecular formula is C13H21NOS. The van der Waals surface area contributed by atoms with E-state index in [4.69, 9.17) is 4.74 Å². The summed E-state index contributed by atoms with van der Waals surface area (Å²) in [6.45, 7) is 3.92. The van der Waals surface area contributed by atoms with Crippen LogP contribution in [0.3, 0.4) is 0 Å². The van der Waals surface area contributed by atoms with Crippen molar-refractivity contribution in [2.24, 2.45) is 0 Å². The van der Waals surface area contributed by atoms with Crippen LogP contribution < -0.4 is 5.32 Å². The lowest BCUT2D eigenvalue weighted by molar-refractivity contribution is 0.169. The Labute approximate surface area is 102 Å². The van der Waals surface area contributed by atoms with E-state index >= 15 is 0 Å². The van der Waals surface area contributed by atoms with Crippen molar-refractivity contribution >= 4 is 11.3 Å². The number of likely N-dealkylation sites (N-methyl/N-ethyl adjacent to an activating group) is 1. The Bertz CT molecular complexity index is 305. The van der Waals surface area contributed by atoms with Gasteiger partial charge in [-0.15, -0.1) is 11.3 Å². The number of rotatable bonds is 5. The van der Waals surface area contributed by atoms with E-state index in [1.54, 1.807) is 17.6 Å². The molecule has 0 aliphatic heterocycles. The van der Waals surface area contributed by atoms with Crippen LogP contribution in [0.25, 0.3) is 0 Å². The van der Waals surface area contributed by atoms with Gasteiger partial charge in [-0.3, -0.25) is 0 Å². The number of hydrogen-bond acceptors (Lipinski definition) is 3. The minimum absolute atomic E-state index is 0.380. The minimum Gasteiger partial charge on any atom is -0.383 e. The van der Waals surface area contributed by atoms with E-state index in [-0.39, 0.29) is 0 Å². The molecule has 0 radical (unpaired) electrons. The third kappa shape index (κ3) is 2.65. The van der Waals surface area contributed by atoms with E-state index in [0.29, 0.717) is 6.04 Å². The Morgan fingerprint density at radius 1 is 1.44 bits per heavy atom. The molecule has 1 N–H and O–H groups in total. The van der Waals surface area contributed by atoms with Gasteiger partial charge in [0.25, 0.3) is 0 Å². The van der Waals surface area contributed by atoms with Crippen molar-refractivity contribution in [2.75, 3.05) is 20.3 Å². The van der Waals surface area contributed by atoms with E-state index in [1.165, 1.54) is 30.6 Å². The van der Waals surface area contributed by atoms with Crippen LogP contribution in [0.4, 0.5) is 0 Å². The summed E-state index contributed by atoms with van der Waals surface area (Å²) in [5, 5.41) is 3.49. The molecule has 2 rings (SSSR count). The van der Waals surface area contributed by atoms with E-state index in [1.807, 2.05) is 11.3 Å². The molecule has 3 heteroatoms. The number of thiophene rings is 1. The molecule has 0 spiro atoms. The lowest BCUT2D eigenvalue weighted by atomic mass is 9.99. The number of nitrogens with one attached hydrogen (secondary N) is 1. The number of aryl methyl sites for hydroxylation is 2. The summed E-state index contributed by atoms with van der Waals surface area (Å²) >= 11 is 1.98. The largest absolute Gasteiger partial charge is 0.383 e. The molecular weight excluding hydrogens is 218 g/mol. The fourth-order valence-corrected chi connectivity index (χ4v) is 3.66. The van der Waals surface area contributed by atoms with Crippen LogP contribution in [0.1, 0.15) is 41.1 Å². The van der Waals surface area contributed by atoms with Crippen molar-refractivity contribution in [1.82, 2.24) is 5.32 Å². The Morgan fingerprint density at radius 3 is 2.94 bits per heavy atom. The van der Waals surface area contributed by atoms with Crippen LogP contribution in [0, 0.1) is 0 Å². The molecule has 1 aromatic heterocycles. The SMILES string of the molecule is CCNC(COC)c1cc2c(s1)CCCC2. The van der Waals surface area contributed by atoms with Crippen molar-refractivity contribution in [3.05, 3.63) is 21.4 Å². The second-order valence-corrected chi connectivity index (χ2v) is 5.54. The molecule has 0 saturated carbocycles. The molecule has 1 aliphatic rings. The number of fused-ring (bicyclic) bond motifs is 1. The van der Waals surface area contributed by atoms with E-state index in [0.717, 1.165) is 13.2 Å². The predicted molar refractivity (Wildman–Crippen MR) is 69.3 cm³/mol. The predicted octanol–water partition coefficient (Wildman–Crippen LogP) is 2.92. The van der Waals surface area contributed by atoms with Gasteiger partial charge in [0, 0.05) is 16.9 Å². The Balaban J connectivity index is 2.14. The van der Waals surface area contributed by atoms with E-state index < -0.39 is 0 Å². The quantitative estimate of drug-likeness (QED) is 0.853. The normalized spacial score (nSPS) is 17.1. The van der Waals surface area contributed by atoms with Gasteiger partial charge in [-0.2, -0.15) is 0 Å². The second-order valence-electron chi connectivity index (χ2n) is 4.37. The van der Waals surface area contributed by atoms with Gasteiger partial charge in [-0.25, -0.2) is 0 Å². The standard InChI is InChI=1S/C13H21NOS/c1-3-14-11(9-15-2)13-8-10-6-4-5-7-12(10)16-13/h8,11,14H,3-7,9H2,1-2H3. The first-order valence-electron chi connectivity index (χ1n) is 6.19. The monoisotopic (exact) mass is 239 g/mol. The highest BCUT2D eigenvalue weighted by atomic mass is 32.1. The summed E-state index contributed by atoms with van der Waals surface area (Å²) < 4.78 is 5.29. The molecule has 0 amide bonds. The van der Waals surface area contributed by atoms with E-state index in [2.05, 4.69) is 18.3 Å². The maximum absolute atomic E-state index is 5.29. The topological polar surface area (TPSA) is 21.3 Å². The molecule has 90 valence electrons. The highest BCUT2D eigenvalue weighted by Crippen LogP contribution is 2.32. The molecule has 1 unspecified atom stereocenters. The van der Waals surface area contributed by atoms with Crippen LogP contribution in [-0.4, -0.2) is 20.3 Å². The summed E-state index contributed by atoms with van der Waals surface area (Å²) in [7, 11) is 1.78. The maximum atomic E-state index is 5.29. The Morgan fingerprint density at radius 2 is 2.25 bits per heavy atom. The summed E-state index contributed by atoms with van der Waals surface area (Å²) in [6, 6.07) is 2.77. The first-order chi connectivity index (χ1) is 7.85. The van der Waals surface area contributed by atoms with Gasteiger partial charge in [-0.05, 0) is 43.9 Å².